The molecule has 0 radical (unpaired) electrons. The standard InChI is InChI=1S/C21H21N3O3/c1-26-17-9-10-20(27-2)18(12-17)23-14-16(13-22)21(25)24-11-5-7-15-6-3-4-8-19(15)24/h3-4,6,8-10,12,14,23H,5,7,11H2,1-2H3/b16-14-. The fraction of sp³-hybridized carbons (Fsp3) is 0.238. The Balaban J connectivity index is 1.86. The van der Waals surface area contributed by atoms with Crippen LogP contribution in [0.1, 0.15) is 12.0 Å². The fourth-order valence-corrected chi connectivity index (χ4v) is 3.11. The topological polar surface area (TPSA) is 74.6 Å². The van der Waals surface area contributed by atoms with Crippen LogP contribution in [0.4, 0.5) is 11.4 Å². The summed E-state index contributed by atoms with van der Waals surface area (Å²) in [6.07, 6.45) is 3.22. The van der Waals surface area contributed by atoms with Crippen molar-refractivity contribution >= 4 is 17.3 Å². The summed E-state index contributed by atoms with van der Waals surface area (Å²) in [6, 6.07) is 15.1. The largest absolute Gasteiger partial charge is 0.497 e. The Morgan fingerprint density at radius 3 is 2.78 bits per heavy atom. The van der Waals surface area contributed by atoms with Gasteiger partial charge in [-0.25, -0.2) is 0 Å². The summed E-state index contributed by atoms with van der Waals surface area (Å²) in [5.74, 6) is 0.903. The van der Waals surface area contributed by atoms with Crippen molar-refractivity contribution in [3.63, 3.8) is 0 Å². The van der Waals surface area contributed by atoms with E-state index in [1.165, 1.54) is 6.20 Å². The predicted molar refractivity (Wildman–Crippen MR) is 104 cm³/mol. The molecular weight excluding hydrogens is 342 g/mol. The Kier molecular flexibility index (Phi) is 5.62. The third-order valence-corrected chi connectivity index (χ3v) is 4.48. The Morgan fingerprint density at radius 2 is 2.04 bits per heavy atom. The van der Waals surface area contributed by atoms with Crippen molar-refractivity contribution in [3.8, 4) is 17.6 Å². The summed E-state index contributed by atoms with van der Waals surface area (Å²) in [7, 11) is 3.12. The maximum atomic E-state index is 12.9. The van der Waals surface area contributed by atoms with E-state index in [1.54, 1.807) is 37.3 Å². The number of carbonyl (C=O) groups excluding carboxylic acids is 1. The zero-order valence-corrected chi connectivity index (χ0v) is 15.4. The smallest absolute Gasteiger partial charge is 0.270 e. The highest BCUT2D eigenvalue weighted by atomic mass is 16.5. The van der Waals surface area contributed by atoms with Crippen LogP contribution >= 0.6 is 0 Å². The lowest BCUT2D eigenvalue weighted by Gasteiger charge is -2.29. The first-order valence-electron chi connectivity index (χ1n) is 8.66. The molecule has 1 aliphatic heterocycles. The number of ether oxygens (including phenoxy) is 2. The maximum absolute atomic E-state index is 12.9. The Morgan fingerprint density at radius 1 is 1.22 bits per heavy atom. The van der Waals surface area contributed by atoms with E-state index in [9.17, 15) is 10.1 Å². The van der Waals surface area contributed by atoms with Crippen LogP contribution in [0.3, 0.4) is 0 Å². The van der Waals surface area contributed by atoms with Crippen LogP contribution in [0.15, 0.2) is 54.2 Å². The molecule has 3 rings (SSSR count). The van der Waals surface area contributed by atoms with Gasteiger partial charge in [-0.05, 0) is 36.6 Å². The number of nitrogens with one attached hydrogen (secondary N) is 1. The number of aryl methyl sites for hydroxylation is 1. The highest BCUT2D eigenvalue weighted by molar-refractivity contribution is 6.09. The Bertz CT molecular complexity index is 915. The first-order chi connectivity index (χ1) is 13.2. The van der Waals surface area contributed by atoms with Gasteiger partial charge in [0.1, 0.15) is 23.1 Å². The molecule has 0 aliphatic carbocycles. The summed E-state index contributed by atoms with van der Waals surface area (Å²) < 4.78 is 10.5. The second-order valence-electron chi connectivity index (χ2n) is 6.07. The minimum Gasteiger partial charge on any atom is -0.497 e. The summed E-state index contributed by atoms with van der Waals surface area (Å²) in [6.45, 7) is 0.595. The molecule has 138 valence electrons. The first-order valence-corrected chi connectivity index (χ1v) is 8.66. The lowest BCUT2D eigenvalue weighted by Crippen LogP contribution is -2.36. The molecule has 27 heavy (non-hydrogen) atoms. The quantitative estimate of drug-likeness (QED) is 0.650. The van der Waals surface area contributed by atoms with Crippen molar-refractivity contribution in [2.45, 2.75) is 12.8 Å². The first kappa shape index (κ1) is 18.3. The molecule has 0 unspecified atom stereocenters. The van der Waals surface area contributed by atoms with Crippen LogP contribution in [-0.2, 0) is 11.2 Å². The number of nitrogens with zero attached hydrogens (tertiary/aromatic N) is 2. The molecule has 1 N–H and O–H groups in total. The molecule has 2 aromatic carbocycles. The summed E-state index contributed by atoms with van der Waals surface area (Å²) in [4.78, 5) is 14.6. The third-order valence-electron chi connectivity index (χ3n) is 4.48. The molecule has 6 nitrogen and oxygen atoms in total. The van der Waals surface area contributed by atoms with Crippen LogP contribution in [0.25, 0.3) is 0 Å². The van der Waals surface area contributed by atoms with Gasteiger partial charge in [0, 0.05) is 24.5 Å². The minimum absolute atomic E-state index is 0.0246. The Hall–Kier alpha value is -3.46. The van der Waals surface area contributed by atoms with E-state index in [0.717, 1.165) is 24.1 Å². The molecule has 2 aromatic rings. The monoisotopic (exact) mass is 363 g/mol. The van der Waals surface area contributed by atoms with Gasteiger partial charge in [0.05, 0.1) is 19.9 Å². The molecule has 1 aliphatic rings. The van der Waals surface area contributed by atoms with E-state index >= 15 is 0 Å². The number of para-hydroxylation sites is 1. The molecular formula is C21H21N3O3. The second-order valence-corrected chi connectivity index (χ2v) is 6.07. The Labute approximate surface area is 158 Å². The van der Waals surface area contributed by atoms with Crippen molar-refractivity contribution in [2.24, 2.45) is 0 Å². The van der Waals surface area contributed by atoms with Crippen LogP contribution in [-0.4, -0.2) is 26.7 Å². The van der Waals surface area contributed by atoms with Crippen molar-refractivity contribution in [3.05, 3.63) is 59.8 Å². The van der Waals surface area contributed by atoms with Gasteiger partial charge in [-0.15, -0.1) is 0 Å². The van der Waals surface area contributed by atoms with E-state index in [4.69, 9.17) is 9.47 Å². The number of rotatable bonds is 5. The maximum Gasteiger partial charge on any atom is 0.270 e. The lowest BCUT2D eigenvalue weighted by molar-refractivity contribution is -0.114. The lowest BCUT2D eigenvalue weighted by atomic mass is 10.0. The van der Waals surface area contributed by atoms with Crippen molar-refractivity contribution in [2.75, 3.05) is 31.0 Å². The number of benzene rings is 2. The zero-order valence-electron chi connectivity index (χ0n) is 15.4. The van der Waals surface area contributed by atoms with E-state index in [0.29, 0.717) is 23.7 Å². The average molecular weight is 363 g/mol. The molecule has 0 spiro atoms. The van der Waals surface area contributed by atoms with Crippen molar-refractivity contribution < 1.29 is 14.3 Å². The van der Waals surface area contributed by atoms with E-state index < -0.39 is 0 Å². The van der Waals surface area contributed by atoms with Crippen LogP contribution in [0, 0.1) is 11.3 Å². The number of methoxy groups -OCH3 is 2. The van der Waals surface area contributed by atoms with Gasteiger partial charge in [0.25, 0.3) is 5.91 Å². The van der Waals surface area contributed by atoms with Gasteiger partial charge in [-0.2, -0.15) is 5.26 Å². The summed E-state index contributed by atoms with van der Waals surface area (Å²) >= 11 is 0. The number of fused-ring (bicyclic) bond motifs is 1. The average Bonchev–Trinajstić information content (AvgIpc) is 2.73. The molecule has 0 bridgehead atoms. The number of hydrogen-bond acceptors (Lipinski definition) is 5. The minimum atomic E-state index is -0.320. The number of amides is 1. The van der Waals surface area contributed by atoms with Gasteiger partial charge in [0.15, 0.2) is 0 Å². The van der Waals surface area contributed by atoms with Gasteiger partial charge >= 0.3 is 0 Å². The van der Waals surface area contributed by atoms with E-state index in [-0.39, 0.29) is 11.5 Å². The number of nitriles is 1. The van der Waals surface area contributed by atoms with Gasteiger partial charge in [-0.1, -0.05) is 18.2 Å². The van der Waals surface area contributed by atoms with Gasteiger partial charge in [0.2, 0.25) is 0 Å². The predicted octanol–water partition coefficient (Wildman–Crippen LogP) is 3.50. The molecule has 1 heterocycles. The normalized spacial score (nSPS) is 13.4. The molecule has 0 saturated carbocycles. The van der Waals surface area contributed by atoms with Crippen molar-refractivity contribution in [1.29, 1.82) is 5.26 Å². The fourth-order valence-electron chi connectivity index (χ4n) is 3.11. The van der Waals surface area contributed by atoms with Crippen LogP contribution in [0.5, 0.6) is 11.5 Å². The molecule has 0 atom stereocenters. The van der Waals surface area contributed by atoms with Gasteiger partial charge in [-0.3, -0.25) is 4.79 Å². The summed E-state index contributed by atoms with van der Waals surface area (Å²) in [5.41, 5.74) is 2.62. The number of hydrogen-bond donors (Lipinski definition) is 1. The van der Waals surface area contributed by atoms with Gasteiger partial charge < -0.3 is 19.7 Å². The zero-order chi connectivity index (χ0) is 19.2. The molecule has 0 aromatic heterocycles. The highest BCUT2D eigenvalue weighted by Crippen LogP contribution is 2.30. The third kappa shape index (κ3) is 3.87. The second kappa shape index (κ2) is 8.28. The van der Waals surface area contributed by atoms with E-state index in [2.05, 4.69) is 5.32 Å². The highest BCUT2D eigenvalue weighted by Gasteiger charge is 2.24. The molecule has 0 fully saturated rings. The van der Waals surface area contributed by atoms with Crippen LogP contribution in [0.2, 0.25) is 0 Å². The van der Waals surface area contributed by atoms with Crippen molar-refractivity contribution in [1.82, 2.24) is 0 Å². The molecule has 6 heteroatoms. The number of carbonyl (C=O) groups is 1. The summed E-state index contributed by atoms with van der Waals surface area (Å²) in [5, 5.41) is 12.5. The number of anilines is 2. The SMILES string of the molecule is COc1ccc(OC)c(N/C=C(/C#N)C(=O)N2CCCc3ccccc32)c1. The van der Waals surface area contributed by atoms with Crippen LogP contribution < -0.4 is 19.7 Å². The van der Waals surface area contributed by atoms with E-state index in [1.807, 2.05) is 30.3 Å². The molecule has 0 saturated heterocycles. The molecule has 1 amide bonds.